The van der Waals surface area contributed by atoms with Gasteiger partial charge < -0.3 is 14.5 Å². The third-order valence-corrected chi connectivity index (χ3v) is 4.68. The summed E-state index contributed by atoms with van der Waals surface area (Å²) in [5.41, 5.74) is 4.89. The van der Waals surface area contributed by atoms with Crippen molar-refractivity contribution >= 4 is 46.5 Å². The van der Waals surface area contributed by atoms with Gasteiger partial charge in [0, 0.05) is 5.02 Å². The van der Waals surface area contributed by atoms with E-state index in [-0.39, 0.29) is 11.7 Å². The van der Waals surface area contributed by atoms with Crippen LogP contribution in [0.2, 0.25) is 5.02 Å². The maximum Gasteiger partial charge on any atom is 0.250 e. The summed E-state index contributed by atoms with van der Waals surface area (Å²) < 4.78 is 10.4. The van der Waals surface area contributed by atoms with Gasteiger partial charge in [-0.2, -0.15) is 5.10 Å². The molecule has 0 saturated heterocycles. The molecule has 7 nitrogen and oxygen atoms in total. The number of nitrogens with one attached hydrogen (secondary N) is 2. The minimum Gasteiger partial charge on any atom is -0.493 e. The molecule has 0 aliphatic rings. The predicted octanol–water partition coefficient (Wildman–Crippen LogP) is 3.48. The van der Waals surface area contributed by atoms with Gasteiger partial charge in [0.25, 0.3) is 5.91 Å². The van der Waals surface area contributed by atoms with Gasteiger partial charge in [-0.15, -0.1) is 0 Å². The zero-order valence-corrected chi connectivity index (χ0v) is 16.2. The smallest absolute Gasteiger partial charge is 0.250 e. The summed E-state index contributed by atoms with van der Waals surface area (Å²) in [6.45, 7) is 0. The van der Waals surface area contributed by atoms with Crippen LogP contribution in [0.5, 0.6) is 11.5 Å². The highest BCUT2D eigenvalue weighted by Crippen LogP contribution is 2.27. The number of amides is 1. The van der Waals surface area contributed by atoms with Crippen LogP contribution in [-0.2, 0) is 4.79 Å². The van der Waals surface area contributed by atoms with Gasteiger partial charge in [0.1, 0.15) is 0 Å². The van der Waals surface area contributed by atoms with E-state index in [0.29, 0.717) is 21.7 Å². The van der Waals surface area contributed by atoms with Crippen LogP contribution in [0.1, 0.15) is 5.56 Å². The lowest BCUT2D eigenvalue weighted by molar-refractivity contribution is -0.118. The first kappa shape index (κ1) is 19.1. The number of ether oxygens (including phenoxy) is 2. The number of rotatable bonds is 7. The van der Waals surface area contributed by atoms with Crippen LogP contribution in [0.25, 0.3) is 11.0 Å². The number of hydrogen-bond donors (Lipinski definition) is 2. The van der Waals surface area contributed by atoms with E-state index >= 15 is 0 Å². The maximum atomic E-state index is 11.9. The van der Waals surface area contributed by atoms with Crippen molar-refractivity contribution in [3.8, 4) is 11.5 Å². The molecule has 0 saturated carbocycles. The highest BCUT2D eigenvalue weighted by Gasteiger charge is 2.07. The van der Waals surface area contributed by atoms with Crippen molar-refractivity contribution < 1.29 is 14.3 Å². The van der Waals surface area contributed by atoms with Gasteiger partial charge in [-0.05, 0) is 42.0 Å². The van der Waals surface area contributed by atoms with Gasteiger partial charge >= 0.3 is 0 Å². The SMILES string of the molecule is COc1ccc(/C=N/NC(=O)CSc2nc3ccc(Cl)cc3[nH]2)cc1OC. The normalized spacial score (nSPS) is 11.1. The quantitative estimate of drug-likeness (QED) is 0.357. The Morgan fingerprint density at radius 1 is 1.26 bits per heavy atom. The minimum absolute atomic E-state index is 0.177. The predicted molar refractivity (Wildman–Crippen MR) is 107 cm³/mol. The van der Waals surface area contributed by atoms with E-state index in [1.807, 2.05) is 12.1 Å². The number of carbonyl (C=O) groups is 1. The third-order valence-electron chi connectivity index (χ3n) is 3.57. The molecule has 2 aromatic carbocycles. The van der Waals surface area contributed by atoms with Crippen molar-refractivity contribution in [2.75, 3.05) is 20.0 Å². The lowest BCUT2D eigenvalue weighted by Gasteiger charge is -2.07. The number of H-pyrrole nitrogens is 1. The summed E-state index contributed by atoms with van der Waals surface area (Å²) in [7, 11) is 3.13. The highest BCUT2D eigenvalue weighted by molar-refractivity contribution is 7.99. The molecule has 1 heterocycles. The first-order valence-electron chi connectivity index (χ1n) is 7.91. The number of hydrazone groups is 1. The lowest BCUT2D eigenvalue weighted by Crippen LogP contribution is -2.19. The summed E-state index contributed by atoms with van der Waals surface area (Å²) >= 11 is 7.23. The fourth-order valence-corrected chi connectivity index (χ4v) is 3.15. The van der Waals surface area contributed by atoms with Gasteiger partial charge in [-0.1, -0.05) is 23.4 Å². The van der Waals surface area contributed by atoms with Crippen molar-refractivity contribution in [1.82, 2.24) is 15.4 Å². The Bertz CT molecular complexity index is 990. The van der Waals surface area contributed by atoms with Crippen molar-refractivity contribution in [3.63, 3.8) is 0 Å². The molecule has 3 aromatic rings. The molecule has 0 fully saturated rings. The van der Waals surface area contributed by atoms with Crippen LogP contribution in [0.4, 0.5) is 0 Å². The summed E-state index contributed by atoms with van der Waals surface area (Å²) in [5.74, 6) is 1.15. The zero-order valence-electron chi connectivity index (χ0n) is 14.7. The Balaban J connectivity index is 1.53. The molecule has 0 bridgehead atoms. The van der Waals surface area contributed by atoms with Crippen molar-refractivity contribution in [3.05, 3.63) is 47.0 Å². The number of methoxy groups -OCH3 is 2. The van der Waals surface area contributed by atoms with Gasteiger partial charge in [0.15, 0.2) is 16.7 Å². The number of aromatic nitrogens is 2. The third kappa shape index (κ3) is 4.93. The average molecular weight is 405 g/mol. The molecule has 1 aromatic heterocycles. The van der Waals surface area contributed by atoms with E-state index in [2.05, 4.69) is 20.5 Å². The number of thioether (sulfide) groups is 1. The molecule has 9 heteroatoms. The van der Waals surface area contributed by atoms with E-state index in [9.17, 15) is 4.79 Å². The summed E-state index contributed by atoms with van der Waals surface area (Å²) in [6.07, 6.45) is 1.54. The number of fused-ring (bicyclic) bond motifs is 1. The molecule has 0 atom stereocenters. The Kier molecular flexibility index (Phi) is 6.20. The standard InChI is InChI=1S/C18H17ClN4O3S/c1-25-15-6-3-11(7-16(15)26-2)9-20-23-17(24)10-27-18-21-13-5-4-12(19)8-14(13)22-18/h3-9H,10H2,1-2H3,(H,21,22)(H,23,24)/b20-9+. The molecule has 0 spiro atoms. The van der Waals surface area contributed by atoms with Gasteiger partial charge in [-0.3, -0.25) is 4.79 Å². The monoisotopic (exact) mass is 404 g/mol. The second-order valence-corrected chi connectivity index (χ2v) is 6.80. The number of halogens is 1. The molecular formula is C18H17ClN4O3S. The van der Waals surface area contributed by atoms with Gasteiger partial charge in [0.2, 0.25) is 0 Å². The fourth-order valence-electron chi connectivity index (χ4n) is 2.30. The van der Waals surface area contributed by atoms with Crippen LogP contribution in [0, 0.1) is 0 Å². The molecule has 0 radical (unpaired) electrons. The molecule has 3 rings (SSSR count). The first-order chi connectivity index (χ1) is 13.1. The molecule has 27 heavy (non-hydrogen) atoms. The Morgan fingerprint density at radius 3 is 2.85 bits per heavy atom. The molecular weight excluding hydrogens is 388 g/mol. The molecule has 0 aliphatic heterocycles. The number of hydrogen-bond acceptors (Lipinski definition) is 6. The van der Waals surface area contributed by atoms with E-state index in [1.165, 1.54) is 18.0 Å². The van der Waals surface area contributed by atoms with Crippen LogP contribution < -0.4 is 14.9 Å². The lowest BCUT2D eigenvalue weighted by atomic mass is 10.2. The zero-order chi connectivity index (χ0) is 19.2. The molecule has 0 unspecified atom stereocenters. The highest BCUT2D eigenvalue weighted by atomic mass is 35.5. The van der Waals surface area contributed by atoms with E-state index in [0.717, 1.165) is 16.6 Å². The Hall–Kier alpha value is -2.71. The Morgan fingerprint density at radius 2 is 2.07 bits per heavy atom. The molecule has 1 amide bonds. The molecule has 0 aliphatic carbocycles. The van der Waals surface area contributed by atoms with Gasteiger partial charge in [-0.25, -0.2) is 10.4 Å². The largest absolute Gasteiger partial charge is 0.493 e. The second kappa shape index (κ2) is 8.79. The van der Waals surface area contributed by atoms with Crippen molar-refractivity contribution in [2.24, 2.45) is 5.10 Å². The molecule has 140 valence electrons. The van der Waals surface area contributed by atoms with Crippen LogP contribution >= 0.6 is 23.4 Å². The van der Waals surface area contributed by atoms with Crippen LogP contribution in [0.15, 0.2) is 46.7 Å². The number of aromatic amines is 1. The fraction of sp³-hybridized carbons (Fsp3) is 0.167. The summed E-state index contributed by atoms with van der Waals surface area (Å²) in [6, 6.07) is 10.7. The summed E-state index contributed by atoms with van der Waals surface area (Å²) in [4.78, 5) is 19.5. The first-order valence-corrected chi connectivity index (χ1v) is 9.27. The van der Waals surface area contributed by atoms with E-state index in [1.54, 1.807) is 38.5 Å². The number of imidazole rings is 1. The van der Waals surface area contributed by atoms with Crippen LogP contribution in [-0.4, -0.2) is 42.1 Å². The van der Waals surface area contributed by atoms with Crippen molar-refractivity contribution in [2.45, 2.75) is 5.16 Å². The second-order valence-electron chi connectivity index (χ2n) is 5.40. The average Bonchev–Trinajstić information content (AvgIpc) is 3.08. The number of nitrogens with zero attached hydrogens (tertiary/aromatic N) is 2. The van der Waals surface area contributed by atoms with Gasteiger partial charge in [0.05, 0.1) is 37.2 Å². The minimum atomic E-state index is -0.241. The topological polar surface area (TPSA) is 88.6 Å². The van der Waals surface area contributed by atoms with Crippen molar-refractivity contribution in [1.29, 1.82) is 0 Å². The summed E-state index contributed by atoms with van der Waals surface area (Å²) in [5, 5.41) is 5.23. The van der Waals surface area contributed by atoms with Crippen LogP contribution in [0.3, 0.4) is 0 Å². The number of carbonyl (C=O) groups excluding carboxylic acids is 1. The van der Waals surface area contributed by atoms with E-state index < -0.39 is 0 Å². The van der Waals surface area contributed by atoms with E-state index in [4.69, 9.17) is 21.1 Å². The Labute approximate surface area is 165 Å². The number of benzene rings is 2. The molecule has 2 N–H and O–H groups in total. The maximum absolute atomic E-state index is 11.9.